The van der Waals surface area contributed by atoms with Crippen LogP contribution in [-0.4, -0.2) is 34.5 Å². The molecule has 3 aromatic rings. The number of unbranched alkanes of at least 4 members (excludes halogenated alkanes) is 2. The molecule has 0 saturated heterocycles. The number of aliphatic hydroxyl groups is 3. The van der Waals surface area contributed by atoms with Gasteiger partial charge in [0.1, 0.15) is 24.0 Å². The lowest BCUT2D eigenvalue weighted by atomic mass is 9.96. The first kappa shape index (κ1) is 32.2. The highest BCUT2D eigenvalue weighted by atomic mass is 16.6. The summed E-state index contributed by atoms with van der Waals surface area (Å²) in [6.07, 6.45) is 5.93. The van der Waals surface area contributed by atoms with Crippen molar-refractivity contribution in [3.63, 3.8) is 0 Å². The summed E-state index contributed by atoms with van der Waals surface area (Å²) in [5, 5.41) is 30.1. The maximum absolute atomic E-state index is 10.6. The molecule has 0 aromatic heterocycles. The molecule has 41 heavy (non-hydrogen) atoms. The molecule has 0 aliphatic rings. The average molecular weight is 563 g/mol. The van der Waals surface area contributed by atoms with Crippen molar-refractivity contribution in [1.82, 2.24) is 0 Å². The van der Waals surface area contributed by atoms with Crippen molar-refractivity contribution < 1.29 is 29.5 Å². The molecule has 0 aliphatic heterocycles. The number of aliphatic hydroxyl groups excluding tert-OH is 3. The van der Waals surface area contributed by atoms with Crippen molar-refractivity contribution in [1.29, 1.82) is 0 Å². The highest BCUT2D eigenvalue weighted by molar-refractivity contribution is 5.77. The maximum atomic E-state index is 10.6. The van der Waals surface area contributed by atoms with Crippen molar-refractivity contribution in [3.05, 3.63) is 84.3 Å². The fraction of sp³-hybridized carbons (Fsp3) is 0.429. The van der Waals surface area contributed by atoms with E-state index in [9.17, 15) is 15.3 Å². The van der Waals surface area contributed by atoms with Gasteiger partial charge in [0.2, 0.25) is 0 Å². The van der Waals surface area contributed by atoms with Crippen molar-refractivity contribution in [2.24, 2.45) is 11.8 Å². The number of benzene rings is 3. The SMILES string of the molecule is CCCCCc1ccc(-c2ccc(-c3ccc(CCO)c(O/C=C/OC(O)C(C)C)c3)c(OC(O)C(C)C)c2)cc1. The lowest BCUT2D eigenvalue weighted by Crippen LogP contribution is -2.22. The minimum absolute atomic E-state index is 0.0248. The van der Waals surface area contributed by atoms with E-state index in [1.165, 1.54) is 37.4 Å². The van der Waals surface area contributed by atoms with Crippen LogP contribution in [0.1, 0.15) is 65.0 Å². The van der Waals surface area contributed by atoms with Gasteiger partial charge in [0.15, 0.2) is 12.6 Å². The van der Waals surface area contributed by atoms with Gasteiger partial charge < -0.3 is 29.5 Å². The van der Waals surface area contributed by atoms with E-state index < -0.39 is 12.6 Å². The van der Waals surface area contributed by atoms with Crippen LogP contribution in [0.25, 0.3) is 22.3 Å². The lowest BCUT2D eigenvalue weighted by Gasteiger charge is -2.21. The molecule has 2 atom stereocenters. The molecule has 0 bridgehead atoms. The second-order valence-electron chi connectivity index (χ2n) is 11.1. The molecule has 0 fully saturated rings. The highest BCUT2D eigenvalue weighted by Crippen LogP contribution is 2.38. The van der Waals surface area contributed by atoms with Crippen LogP contribution < -0.4 is 9.47 Å². The van der Waals surface area contributed by atoms with E-state index in [0.29, 0.717) is 17.9 Å². The molecule has 0 amide bonds. The first-order valence-electron chi connectivity index (χ1n) is 14.7. The number of ether oxygens (including phenoxy) is 3. The Morgan fingerprint density at radius 1 is 0.707 bits per heavy atom. The summed E-state index contributed by atoms with van der Waals surface area (Å²) in [4.78, 5) is 0. The van der Waals surface area contributed by atoms with Crippen molar-refractivity contribution in [2.75, 3.05) is 6.61 Å². The van der Waals surface area contributed by atoms with E-state index in [1.807, 2.05) is 58.0 Å². The quantitative estimate of drug-likeness (QED) is 0.0953. The van der Waals surface area contributed by atoms with E-state index in [1.54, 1.807) is 0 Å². The standard InChI is InChI=1S/C35H46O6/c1-6-7-8-9-26-10-12-27(13-11-26)29-16-17-31(33(22-29)41-35(38)25(4)5)30-15-14-28(18-19-36)32(23-30)39-20-21-40-34(37)24(2)3/h10-17,20-25,34-38H,6-9,18-19H2,1-5H3/b21-20+. The van der Waals surface area contributed by atoms with Crippen LogP contribution >= 0.6 is 0 Å². The maximum Gasteiger partial charge on any atom is 0.199 e. The molecular formula is C35H46O6. The molecule has 0 spiro atoms. The zero-order chi connectivity index (χ0) is 29.8. The largest absolute Gasteiger partial charge is 0.469 e. The summed E-state index contributed by atoms with van der Waals surface area (Å²) in [5.74, 6) is 0.967. The molecule has 222 valence electrons. The second kappa shape index (κ2) is 16.2. The van der Waals surface area contributed by atoms with E-state index in [4.69, 9.17) is 14.2 Å². The van der Waals surface area contributed by atoms with Gasteiger partial charge in [0.05, 0.1) is 0 Å². The van der Waals surface area contributed by atoms with Gasteiger partial charge in [-0.1, -0.05) is 96.0 Å². The molecule has 2 unspecified atom stereocenters. The van der Waals surface area contributed by atoms with Gasteiger partial charge in [-0.25, -0.2) is 0 Å². The molecule has 0 aliphatic carbocycles. The molecule has 3 aromatic carbocycles. The van der Waals surface area contributed by atoms with Crippen LogP contribution in [-0.2, 0) is 17.6 Å². The van der Waals surface area contributed by atoms with Crippen LogP contribution in [0.4, 0.5) is 0 Å². The van der Waals surface area contributed by atoms with Gasteiger partial charge in [-0.15, -0.1) is 0 Å². The molecule has 6 nitrogen and oxygen atoms in total. The van der Waals surface area contributed by atoms with Crippen molar-refractivity contribution >= 4 is 0 Å². The Labute approximate surface area is 245 Å². The molecule has 0 radical (unpaired) electrons. The molecule has 6 heteroatoms. The molecular weight excluding hydrogens is 516 g/mol. The van der Waals surface area contributed by atoms with Crippen molar-refractivity contribution in [3.8, 4) is 33.8 Å². The Morgan fingerprint density at radius 3 is 2.02 bits per heavy atom. The topological polar surface area (TPSA) is 88.4 Å². The first-order valence-corrected chi connectivity index (χ1v) is 14.7. The van der Waals surface area contributed by atoms with Crippen LogP contribution in [0, 0.1) is 11.8 Å². The summed E-state index contributed by atoms with van der Waals surface area (Å²) in [6, 6.07) is 20.4. The molecule has 3 N–H and O–H groups in total. The molecule has 0 heterocycles. The lowest BCUT2D eigenvalue weighted by molar-refractivity contribution is -0.0837. The van der Waals surface area contributed by atoms with Crippen LogP contribution in [0.5, 0.6) is 11.5 Å². The number of rotatable bonds is 16. The van der Waals surface area contributed by atoms with Crippen LogP contribution in [0.15, 0.2) is 73.2 Å². The molecule has 3 rings (SSSR count). The highest BCUT2D eigenvalue weighted by Gasteiger charge is 2.17. The third-order valence-electron chi connectivity index (χ3n) is 6.95. The summed E-state index contributed by atoms with van der Waals surface area (Å²) < 4.78 is 17.2. The third-order valence-corrected chi connectivity index (χ3v) is 6.95. The second-order valence-corrected chi connectivity index (χ2v) is 11.1. The monoisotopic (exact) mass is 562 g/mol. The fourth-order valence-corrected chi connectivity index (χ4v) is 4.28. The van der Waals surface area contributed by atoms with E-state index in [0.717, 1.165) is 34.2 Å². The Hall–Kier alpha value is -3.32. The minimum atomic E-state index is -0.971. The Kier molecular flexibility index (Phi) is 12.7. The van der Waals surface area contributed by atoms with Gasteiger partial charge in [-0.2, -0.15) is 0 Å². The smallest absolute Gasteiger partial charge is 0.199 e. The zero-order valence-corrected chi connectivity index (χ0v) is 25.0. The normalized spacial score (nSPS) is 13.1. The van der Waals surface area contributed by atoms with Crippen LogP contribution in [0.2, 0.25) is 0 Å². The number of hydrogen-bond donors (Lipinski definition) is 3. The van der Waals surface area contributed by atoms with E-state index in [2.05, 4.69) is 37.3 Å². The predicted molar refractivity (Wildman–Crippen MR) is 165 cm³/mol. The van der Waals surface area contributed by atoms with E-state index >= 15 is 0 Å². The Bertz CT molecular complexity index is 1230. The molecule has 0 saturated carbocycles. The first-order chi connectivity index (χ1) is 19.7. The number of aryl methyl sites for hydroxylation is 1. The van der Waals surface area contributed by atoms with Gasteiger partial charge in [0, 0.05) is 24.0 Å². The number of hydrogen-bond acceptors (Lipinski definition) is 6. The van der Waals surface area contributed by atoms with E-state index in [-0.39, 0.29) is 18.4 Å². The zero-order valence-electron chi connectivity index (χ0n) is 25.0. The predicted octanol–water partition coefficient (Wildman–Crippen LogP) is 7.48. The van der Waals surface area contributed by atoms with Crippen molar-refractivity contribution in [2.45, 2.75) is 79.3 Å². The Morgan fingerprint density at radius 2 is 1.37 bits per heavy atom. The average Bonchev–Trinajstić information content (AvgIpc) is 2.96. The summed E-state index contributed by atoms with van der Waals surface area (Å²) in [7, 11) is 0. The Balaban J connectivity index is 1.94. The van der Waals surface area contributed by atoms with Gasteiger partial charge in [-0.05, 0) is 59.2 Å². The summed E-state index contributed by atoms with van der Waals surface area (Å²) >= 11 is 0. The fourth-order valence-electron chi connectivity index (χ4n) is 4.28. The summed E-state index contributed by atoms with van der Waals surface area (Å²) in [6.45, 7) is 9.72. The summed E-state index contributed by atoms with van der Waals surface area (Å²) in [5.41, 5.74) is 5.88. The van der Waals surface area contributed by atoms with Gasteiger partial charge in [-0.3, -0.25) is 0 Å². The van der Waals surface area contributed by atoms with Gasteiger partial charge >= 0.3 is 0 Å². The van der Waals surface area contributed by atoms with Gasteiger partial charge in [0.25, 0.3) is 0 Å². The third kappa shape index (κ3) is 9.63. The van der Waals surface area contributed by atoms with Crippen LogP contribution in [0.3, 0.4) is 0 Å². The minimum Gasteiger partial charge on any atom is -0.469 e.